The van der Waals surface area contributed by atoms with E-state index in [1.165, 1.54) is 4.90 Å². The van der Waals surface area contributed by atoms with Crippen LogP contribution in [0.5, 0.6) is 0 Å². The van der Waals surface area contributed by atoms with Gasteiger partial charge in [-0.2, -0.15) is 0 Å². The molecule has 1 aromatic carbocycles. The van der Waals surface area contributed by atoms with Crippen molar-refractivity contribution >= 4 is 23.6 Å². The van der Waals surface area contributed by atoms with Crippen molar-refractivity contribution in [3.05, 3.63) is 48.0 Å². The molecule has 0 N–H and O–H groups in total. The highest BCUT2D eigenvalue weighted by molar-refractivity contribution is 6.08. The van der Waals surface area contributed by atoms with Crippen LogP contribution in [0.1, 0.15) is 52.5 Å². The van der Waals surface area contributed by atoms with Crippen molar-refractivity contribution in [2.75, 3.05) is 26.2 Å². The lowest BCUT2D eigenvalue weighted by atomic mass is 9.83. The molecule has 0 bridgehead atoms. The van der Waals surface area contributed by atoms with E-state index in [-0.39, 0.29) is 41.4 Å². The van der Waals surface area contributed by atoms with Crippen molar-refractivity contribution in [2.24, 2.45) is 17.8 Å². The normalized spacial score (nSPS) is 23.6. The fourth-order valence-electron chi connectivity index (χ4n) is 5.61. The van der Waals surface area contributed by atoms with Crippen LogP contribution in [0.2, 0.25) is 0 Å². The molecule has 3 atom stereocenters. The second-order valence-corrected chi connectivity index (χ2v) is 11.0. The van der Waals surface area contributed by atoms with Crippen LogP contribution in [-0.2, 0) is 24.6 Å². The van der Waals surface area contributed by atoms with Gasteiger partial charge >= 0.3 is 0 Å². The van der Waals surface area contributed by atoms with Crippen molar-refractivity contribution in [3.8, 4) is 0 Å². The van der Waals surface area contributed by atoms with Gasteiger partial charge in [-0.25, -0.2) is 0 Å². The lowest BCUT2D eigenvalue weighted by Crippen LogP contribution is -2.58. The van der Waals surface area contributed by atoms with Crippen molar-refractivity contribution in [1.82, 2.24) is 14.7 Å². The van der Waals surface area contributed by atoms with E-state index >= 15 is 0 Å². The second-order valence-electron chi connectivity index (χ2n) is 11.0. The quantitative estimate of drug-likeness (QED) is 0.464. The van der Waals surface area contributed by atoms with Gasteiger partial charge in [0.05, 0.1) is 17.3 Å². The van der Waals surface area contributed by atoms with Crippen LogP contribution in [0.15, 0.2) is 42.5 Å². The van der Waals surface area contributed by atoms with Gasteiger partial charge in [-0.05, 0) is 44.6 Å². The van der Waals surface area contributed by atoms with Gasteiger partial charge in [0.2, 0.25) is 23.6 Å². The molecular formula is C28H37N3O4. The highest BCUT2D eigenvalue weighted by atomic mass is 16.2. The molecule has 7 nitrogen and oxygen atoms in total. The standard InChI is InChI=1S/C28H37N3O4/c1-19(2)18-23(31-24(32)21-12-8-9-13-22(21)25(31)33)26(34)29-14-16-30(17-15-29)27(35)28(3,4)20-10-6-5-7-11-20/h5-11,19,21-23H,12-18H2,1-4H3. The summed E-state index contributed by atoms with van der Waals surface area (Å²) in [5, 5.41) is 0. The van der Waals surface area contributed by atoms with E-state index in [0.717, 1.165) is 5.56 Å². The van der Waals surface area contributed by atoms with Gasteiger partial charge in [0.15, 0.2) is 0 Å². The van der Waals surface area contributed by atoms with Gasteiger partial charge in [0, 0.05) is 26.2 Å². The fraction of sp³-hybridized carbons (Fsp3) is 0.571. The third-order valence-corrected chi connectivity index (χ3v) is 7.74. The molecule has 4 amide bonds. The lowest BCUT2D eigenvalue weighted by Gasteiger charge is -2.40. The van der Waals surface area contributed by atoms with Crippen LogP contribution >= 0.6 is 0 Å². The van der Waals surface area contributed by atoms with Gasteiger partial charge in [0.25, 0.3) is 0 Å². The van der Waals surface area contributed by atoms with E-state index in [1.54, 1.807) is 4.90 Å². The maximum absolute atomic E-state index is 13.7. The largest absolute Gasteiger partial charge is 0.338 e. The maximum atomic E-state index is 13.7. The molecule has 0 saturated carbocycles. The summed E-state index contributed by atoms with van der Waals surface area (Å²) in [4.78, 5) is 58.2. The zero-order chi connectivity index (χ0) is 25.3. The molecular weight excluding hydrogens is 442 g/mol. The lowest BCUT2D eigenvalue weighted by molar-refractivity contribution is -0.154. The minimum Gasteiger partial charge on any atom is -0.338 e. The number of benzene rings is 1. The predicted molar refractivity (Wildman–Crippen MR) is 133 cm³/mol. The van der Waals surface area contributed by atoms with Gasteiger partial charge < -0.3 is 9.80 Å². The number of amides is 4. The summed E-state index contributed by atoms with van der Waals surface area (Å²) in [6.07, 6.45) is 5.49. The Morgan fingerprint density at radius 3 is 1.91 bits per heavy atom. The third-order valence-electron chi connectivity index (χ3n) is 7.74. The van der Waals surface area contributed by atoms with Gasteiger partial charge in [0.1, 0.15) is 6.04 Å². The summed E-state index contributed by atoms with van der Waals surface area (Å²) in [5.74, 6) is -1.09. The number of nitrogens with zero attached hydrogens (tertiary/aromatic N) is 3. The van der Waals surface area contributed by atoms with E-state index in [9.17, 15) is 19.2 Å². The van der Waals surface area contributed by atoms with Crippen molar-refractivity contribution < 1.29 is 19.2 Å². The zero-order valence-electron chi connectivity index (χ0n) is 21.3. The Bertz CT molecular complexity index is 982. The minimum atomic E-state index is -0.774. The fourth-order valence-corrected chi connectivity index (χ4v) is 5.61. The number of carbonyl (C=O) groups excluding carboxylic acids is 4. The molecule has 0 spiro atoms. The smallest absolute Gasteiger partial charge is 0.246 e. The number of rotatable bonds is 6. The van der Waals surface area contributed by atoms with Crippen LogP contribution in [0, 0.1) is 17.8 Å². The first-order valence-electron chi connectivity index (χ1n) is 12.8. The average Bonchev–Trinajstić information content (AvgIpc) is 3.12. The molecule has 1 aromatic rings. The SMILES string of the molecule is CC(C)CC(C(=O)N1CCN(C(=O)C(C)(C)c2ccccc2)CC1)N1C(=O)C2CC=CCC2C1=O. The Hall–Kier alpha value is -2.96. The van der Waals surface area contributed by atoms with E-state index in [4.69, 9.17) is 0 Å². The first kappa shape index (κ1) is 25.1. The van der Waals surface area contributed by atoms with Crippen LogP contribution < -0.4 is 0 Å². The first-order valence-corrected chi connectivity index (χ1v) is 12.8. The number of fused-ring (bicyclic) bond motifs is 1. The number of likely N-dealkylation sites (tertiary alicyclic amines) is 1. The average molecular weight is 480 g/mol. The number of piperazine rings is 1. The number of carbonyl (C=O) groups is 4. The highest BCUT2D eigenvalue weighted by Gasteiger charge is 2.52. The Morgan fingerprint density at radius 1 is 0.886 bits per heavy atom. The Balaban J connectivity index is 1.45. The third kappa shape index (κ3) is 4.78. The summed E-state index contributed by atoms with van der Waals surface area (Å²) >= 11 is 0. The second kappa shape index (κ2) is 9.96. The number of imide groups is 1. The van der Waals surface area contributed by atoms with Crippen molar-refractivity contribution in [2.45, 2.75) is 58.4 Å². The van der Waals surface area contributed by atoms with Crippen LogP contribution in [0.3, 0.4) is 0 Å². The summed E-state index contributed by atoms with van der Waals surface area (Å²) in [5.41, 5.74) is 0.300. The number of hydrogen-bond acceptors (Lipinski definition) is 4. The summed E-state index contributed by atoms with van der Waals surface area (Å²) in [6, 6.07) is 8.95. The Labute approximate surface area is 208 Å². The molecule has 3 aliphatic rings. The van der Waals surface area contributed by atoms with Crippen molar-refractivity contribution in [1.29, 1.82) is 0 Å². The van der Waals surface area contributed by atoms with Gasteiger partial charge in [-0.15, -0.1) is 0 Å². The van der Waals surface area contributed by atoms with E-state index in [2.05, 4.69) is 0 Å². The van der Waals surface area contributed by atoms with Crippen molar-refractivity contribution in [3.63, 3.8) is 0 Å². The predicted octanol–water partition coefficient (Wildman–Crippen LogP) is 3.00. The Morgan fingerprint density at radius 2 is 1.40 bits per heavy atom. The molecule has 0 radical (unpaired) electrons. The molecule has 7 heteroatoms. The van der Waals surface area contributed by atoms with Crippen LogP contribution in [0.4, 0.5) is 0 Å². The molecule has 2 saturated heterocycles. The van der Waals surface area contributed by atoms with Crippen LogP contribution in [-0.4, -0.2) is 70.5 Å². The topological polar surface area (TPSA) is 78.0 Å². The van der Waals surface area contributed by atoms with Gasteiger partial charge in [-0.1, -0.05) is 56.3 Å². The zero-order valence-corrected chi connectivity index (χ0v) is 21.3. The van der Waals surface area contributed by atoms with E-state index in [0.29, 0.717) is 45.4 Å². The summed E-state index contributed by atoms with van der Waals surface area (Å²) in [7, 11) is 0. The molecule has 2 aliphatic heterocycles. The molecule has 3 unspecified atom stereocenters. The maximum Gasteiger partial charge on any atom is 0.246 e. The molecule has 0 aromatic heterocycles. The Kier molecular flexibility index (Phi) is 7.15. The molecule has 188 valence electrons. The highest BCUT2D eigenvalue weighted by Crippen LogP contribution is 2.37. The molecule has 2 heterocycles. The number of allylic oxidation sites excluding steroid dienone is 2. The molecule has 2 fully saturated rings. The summed E-state index contributed by atoms with van der Waals surface area (Å²) in [6.45, 7) is 9.53. The number of hydrogen-bond donors (Lipinski definition) is 0. The van der Waals surface area contributed by atoms with E-state index < -0.39 is 11.5 Å². The minimum absolute atomic E-state index is 0.0380. The molecule has 1 aliphatic carbocycles. The summed E-state index contributed by atoms with van der Waals surface area (Å²) < 4.78 is 0. The monoisotopic (exact) mass is 479 g/mol. The molecule has 4 rings (SSSR count). The molecule has 35 heavy (non-hydrogen) atoms. The van der Waals surface area contributed by atoms with Crippen LogP contribution in [0.25, 0.3) is 0 Å². The van der Waals surface area contributed by atoms with Gasteiger partial charge in [-0.3, -0.25) is 24.1 Å². The first-order chi connectivity index (χ1) is 16.6. The van der Waals surface area contributed by atoms with E-state index in [1.807, 2.05) is 75.1 Å².